The Kier molecular flexibility index (Phi) is 3.71. The lowest BCUT2D eigenvalue weighted by atomic mass is 10.0. The monoisotopic (exact) mass is 345 g/mol. The largest absolute Gasteiger partial charge is 0.472 e. The summed E-state index contributed by atoms with van der Waals surface area (Å²) in [7, 11) is 0. The Hall–Kier alpha value is -3.92. The van der Waals surface area contributed by atoms with Gasteiger partial charge in [-0.25, -0.2) is 14.1 Å². The van der Waals surface area contributed by atoms with Gasteiger partial charge in [-0.3, -0.25) is 0 Å². The van der Waals surface area contributed by atoms with Gasteiger partial charge in [-0.15, -0.1) is 0 Å². The Morgan fingerprint density at radius 1 is 1.15 bits per heavy atom. The number of furan rings is 1. The highest BCUT2D eigenvalue weighted by Crippen LogP contribution is 2.31. The molecule has 0 aliphatic heterocycles. The van der Waals surface area contributed by atoms with Crippen LogP contribution in [-0.2, 0) is 0 Å². The van der Waals surface area contributed by atoms with Crippen molar-refractivity contribution in [1.82, 2.24) is 14.8 Å². The number of halogens is 1. The van der Waals surface area contributed by atoms with E-state index >= 15 is 0 Å². The third-order valence-corrected chi connectivity index (χ3v) is 3.96. The highest BCUT2D eigenvalue weighted by Gasteiger charge is 2.15. The molecule has 4 aromatic rings. The van der Waals surface area contributed by atoms with Gasteiger partial charge in [0.1, 0.15) is 23.3 Å². The first-order chi connectivity index (χ1) is 12.7. The maximum atomic E-state index is 13.1. The average molecular weight is 345 g/mol. The number of nitrogens with zero attached hydrogens (tertiary/aromatic N) is 4. The first-order valence-corrected chi connectivity index (χ1v) is 7.70. The van der Waals surface area contributed by atoms with Crippen LogP contribution in [0, 0.1) is 17.1 Å². The molecule has 0 radical (unpaired) electrons. The fourth-order valence-corrected chi connectivity index (χ4v) is 2.67. The number of rotatable bonds is 3. The molecule has 0 spiro atoms. The number of benzene rings is 1. The molecule has 0 unspecified atom stereocenters. The number of nitrogen functional groups attached to an aromatic ring is 1. The summed E-state index contributed by atoms with van der Waals surface area (Å²) in [5.74, 6) is -0.178. The lowest BCUT2D eigenvalue weighted by Crippen LogP contribution is -1.99. The summed E-state index contributed by atoms with van der Waals surface area (Å²) in [5, 5.41) is 13.7. The number of aromatic nitrogens is 3. The second kappa shape index (κ2) is 6.18. The molecule has 126 valence electrons. The smallest absolute Gasteiger partial charge is 0.142 e. The molecule has 0 saturated carbocycles. The van der Waals surface area contributed by atoms with Crippen molar-refractivity contribution in [3.05, 3.63) is 72.7 Å². The zero-order valence-corrected chi connectivity index (χ0v) is 13.4. The molecular formula is C19H12FN5O. The lowest BCUT2D eigenvalue weighted by Gasteiger charge is -2.07. The summed E-state index contributed by atoms with van der Waals surface area (Å²) in [6.07, 6.45) is 6.47. The van der Waals surface area contributed by atoms with E-state index < -0.39 is 0 Å². The zero-order valence-electron chi connectivity index (χ0n) is 13.4. The van der Waals surface area contributed by atoms with Gasteiger partial charge >= 0.3 is 0 Å². The van der Waals surface area contributed by atoms with Crippen LogP contribution in [0.4, 0.5) is 10.2 Å². The third kappa shape index (κ3) is 2.70. The van der Waals surface area contributed by atoms with Crippen molar-refractivity contribution in [3.63, 3.8) is 0 Å². The molecule has 0 saturated heterocycles. The molecule has 4 rings (SSSR count). The van der Waals surface area contributed by atoms with E-state index in [0.717, 1.165) is 11.1 Å². The van der Waals surface area contributed by atoms with Gasteiger partial charge in [0.15, 0.2) is 0 Å². The van der Waals surface area contributed by atoms with Crippen LogP contribution in [0.2, 0.25) is 0 Å². The zero-order chi connectivity index (χ0) is 18.1. The minimum Gasteiger partial charge on any atom is -0.472 e. The first kappa shape index (κ1) is 15.6. The van der Waals surface area contributed by atoms with Gasteiger partial charge in [0.2, 0.25) is 0 Å². The summed E-state index contributed by atoms with van der Waals surface area (Å²) in [4.78, 5) is 4.32. The van der Waals surface area contributed by atoms with Crippen LogP contribution in [0.1, 0.15) is 5.56 Å². The predicted molar refractivity (Wildman–Crippen MR) is 93.6 cm³/mol. The van der Waals surface area contributed by atoms with Crippen LogP contribution in [0.25, 0.3) is 28.1 Å². The van der Waals surface area contributed by atoms with E-state index in [-0.39, 0.29) is 11.6 Å². The molecule has 0 amide bonds. The molecule has 26 heavy (non-hydrogen) atoms. The number of nitrogens with two attached hydrogens (primary N) is 1. The predicted octanol–water partition coefficient (Wildman–Crippen LogP) is 3.79. The topological polar surface area (TPSA) is 93.7 Å². The minimum atomic E-state index is -0.313. The summed E-state index contributed by atoms with van der Waals surface area (Å²) >= 11 is 0. The standard InChI is InChI=1S/C19H12FN5O/c20-14-1-3-15(4-2-14)25-10-13(9-23-25)18-7-16(12-5-6-26-11-12)17(8-21)19(22)24-18/h1-7,9-11H,(H2,22,24). The Morgan fingerprint density at radius 2 is 1.96 bits per heavy atom. The van der Waals surface area contributed by atoms with E-state index in [1.807, 2.05) is 0 Å². The summed E-state index contributed by atoms with van der Waals surface area (Å²) in [6.45, 7) is 0. The maximum absolute atomic E-state index is 13.1. The molecule has 1 aromatic carbocycles. The number of nitriles is 1. The normalized spacial score (nSPS) is 10.6. The molecule has 6 nitrogen and oxygen atoms in total. The van der Waals surface area contributed by atoms with E-state index in [0.29, 0.717) is 22.5 Å². The van der Waals surface area contributed by atoms with Gasteiger partial charge in [0, 0.05) is 22.9 Å². The van der Waals surface area contributed by atoms with E-state index in [4.69, 9.17) is 10.2 Å². The summed E-state index contributed by atoms with van der Waals surface area (Å²) in [5.41, 5.74) is 9.66. The highest BCUT2D eigenvalue weighted by molar-refractivity contribution is 5.79. The Bertz CT molecular complexity index is 1110. The van der Waals surface area contributed by atoms with Gasteiger partial charge in [0.25, 0.3) is 0 Å². The number of hydrogen-bond acceptors (Lipinski definition) is 5. The molecule has 0 atom stereocenters. The Balaban J connectivity index is 1.80. The van der Waals surface area contributed by atoms with Gasteiger partial charge < -0.3 is 10.2 Å². The molecule has 3 heterocycles. The van der Waals surface area contributed by atoms with Crippen molar-refractivity contribution in [2.75, 3.05) is 5.73 Å². The SMILES string of the molecule is N#Cc1c(-c2ccoc2)cc(-c2cnn(-c3ccc(F)cc3)c2)nc1N. The lowest BCUT2D eigenvalue weighted by molar-refractivity contribution is 0.568. The maximum Gasteiger partial charge on any atom is 0.142 e. The summed E-state index contributed by atoms with van der Waals surface area (Å²) < 4.78 is 19.8. The molecule has 7 heteroatoms. The van der Waals surface area contributed by atoms with E-state index in [1.54, 1.807) is 47.6 Å². The van der Waals surface area contributed by atoms with Crippen LogP contribution in [0.3, 0.4) is 0 Å². The van der Waals surface area contributed by atoms with Crippen LogP contribution < -0.4 is 5.73 Å². The van der Waals surface area contributed by atoms with Crippen LogP contribution in [0.5, 0.6) is 0 Å². The number of pyridine rings is 1. The molecule has 0 aliphatic rings. The van der Waals surface area contributed by atoms with Gasteiger partial charge in [0.05, 0.1) is 30.1 Å². The molecule has 2 N–H and O–H groups in total. The second-order valence-electron chi connectivity index (χ2n) is 5.59. The quantitative estimate of drug-likeness (QED) is 0.610. The van der Waals surface area contributed by atoms with Gasteiger partial charge in [-0.2, -0.15) is 10.4 Å². The fourth-order valence-electron chi connectivity index (χ4n) is 2.67. The van der Waals surface area contributed by atoms with Crippen molar-refractivity contribution in [1.29, 1.82) is 5.26 Å². The van der Waals surface area contributed by atoms with Crippen molar-refractivity contribution >= 4 is 5.82 Å². The Labute approximate surface area is 147 Å². The average Bonchev–Trinajstić information content (AvgIpc) is 3.34. The number of hydrogen-bond donors (Lipinski definition) is 1. The van der Waals surface area contributed by atoms with Crippen LogP contribution >= 0.6 is 0 Å². The van der Waals surface area contributed by atoms with Gasteiger partial charge in [-0.05, 0) is 36.4 Å². The number of anilines is 1. The van der Waals surface area contributed by atoms with Crippen LogP contribution in [-0.4, -0.2) is 14.8 Å². The van der Waals surface area contributed by atoms with Crippen molar-refractivity contribution < 1.29 is 8.81 Å². The van der Waals surface area contributed by atoms with Crippen molar-refractivity contribution in [3.8, 4) is 34.1 Å². The minimum absolute atomic E-state index is 0.135. The first-order valence-electron chi connectivity index (χ1n) is 7.70. The Morgan fingerprint density at radius 3 is 2.65 bits per heavy atom. The third-order valence-electron chi connectivity index (χ3n) is 3.96. The van der Waals surface area contributed by atoms with E-state index in [9.17, 15) is 9.65 Å². The molecular weight excluding hydrogens is 333 g/mol. The second-order valence-corrected chi connectivity index (χ2v) is 5.59. The van der Waals surface area contributed by atoms with Crippen molar-refractivity contribution in [2.45, 2.75) is 0 Å². The van der Waals surface area contributed by atoms with Crippen molar-refractivity contribution in [2.24, 2.45) is 0 Å². The van der Waals surface area contributed by atoms with Crippen LogP contribution in [0.15, 0.2) is 65.7 Å². The van der Waals surface area contributed by atoms with Gasteiger partial charge in [-0.1, -0.05) is 0 Å². The molecule has 0 fully saturated rings. The molecule has 0 aliphatic carbocycles. The summed E-state index contributed by atoms with van der Waals surface area (Å²) in [6, 6.07) is 11.6. The highest BCUT2D eigenvalue weighted by atomic mass is 19.1. The molecule has 3 aromatic heterocycles. The van der Waals surface area contributed by atoms with E-state index in [2.05, 4.69) is 16.2 Å². The fraction of sp³-hybridized carbons (Fsp3) is 0. The van der Waals surface area contributed by atoms with E-state index in [1.165, 1.54) is 18.4 Å². The molecule has 0 bridgehead atoms.